The number of unbranched alkanes of at least 4 members (excludes halogenated alkanes) is 18. The minimum absolute atomic E-state index is 0.0267. The lowest BCUT2D eigenvalue weighted by Gasteiger charge is -2.22. The Hall–Kier alpha value is -4.72. The lowest BCUT2D eigenvalue weighted by molar-refractivity contribution is -0.161. The summed E-state index contributed by atoms with van der Waals surface area (Å²) in [6, 6.07) is 14.5. The average molecular weight is 1230 g/mol. The molecule has 3 N–H and O–H groups in total. The molecule has 2 aromatic rings. The number of sulfonamides is 1. The van der Waals surface area contributed by atoms with E-state index >= 15 is 0 Å². The van der Waals surface area contributed by atoms with Gasteiger partial charge in [0.05, 0.1) is 24.2 Å². The standard InChI is InChI=1S/C64H98N3O14PS2/c1-7-13-15-17-19-21-23-25-27-29-31-33-35-37-62(68)77-50-54(80-63(69)38-36-34-32-30-28-26-24-22-20-18-16-14-8-2)51-79-82(70,71)78-46-45-65-83(72,73)55-41-44-58(61(49-55)84(74,75)76)64-56-42-39-52(66(9-3)10-4)47-59(56)81-60-48-53(40-43-57(60)64)67(11-5)12-6/h25-28,39-44,47-49,54,65H,7-24,29-38,45-46,50-51H2,1-6H3,(H-,70,71,74,75,76)/p+1/b27-25+,28-26+/t54-/m0/s1. The van der Waals surface area contributed by atoms with Crippen LogP contribution in [0.5, 0.6) is 0 Å². The van der Waals surface area contributed by atoms with Crippen molar-refractivity contribution in [2.24, 2.45) is 0 Å². The number of fused-ring (bicyclic) bond motifs is 2. The molecule has 0 spiro atoms. The number of phosphoric acid groups is 1. The predicted molar refractivity (Wildman–Crippen MR) is 336 cm³/mol. The van der Waals surface area contributed by atoms with Crippen LogP contribution in [-0.4, -0.2) is 96.9 Å². The number of nitrogens with one attached hydrogen (secondary N) is 1. The van der Waals surface area contributed by atoms with E-state index in [-0.39, 0.29) is 18.4 Å². The van der Waals surface area contributed by atoms with Gasteiger partial charge >= 0.3 is 19.8 Å². The highest BCUT2D eigenvalue weighted by Crippen LogP contribution is 2.45. The highest BCUT2D eigenvalue weighted by molar-refractivity contribution is 7.89. The van der Waals surface area contributed by atoms with E-state index in [1.165, 1.54) is 89.2 Å². The molecule has 0 amide bonds. The molecule has 0 radical (unpaired) electrons. The van der Waals surface area contributed by atoms with Gasteiger partial charge in [0.15, 0.2) is 6.10 Å². The molecule has 0 bridgehead atoms. The quantitative estimate of drug-likeness (QED) is 0.00711. The molecule has 1 unspecified atom stereocenters. The van der Waals surface area contributed by atoms with E-state index in [2.05, 4.69) is 52.3 Å². The van der Waals surface area contributed by atoms with Crippen LogP contribution in [0.25, 0.3) is 33.4 Å². The summed E-state index contributed by atoms with van der Waals surface area (Å²) < 4.78 is 110. The number of phosphoric ester groups is 1. The summed E-state index contributed by atoms with van der Waals surface area (Å²) in [5, 5.41) is 1.40. The summed E-state index contributed by atoms with van der Waals surface area (Å²) in [7, 11) is -14.5. The first-order valence-corrected chi connectivity index (χ1v) is 35.6. The van der Waals surface area contributed by atoms with Crippen molar-refractivity contribution >= 4 is 56.6 Å². The first-order chi connectivity index (χ1) is 40.4. The van der Waals surface area contributed by atoms with Crippen molar-refractivity contribution < 1.29 is 63.4 Å². The molecule has 1 aliphatic carbocycles. The zero-order chi connectivity index (χ0) is 61.2. The van der Waals surface area contributed by atoms with Crippen molar-refractivity contribution in [2.75, 3.05) is 57.4 Å². The fourth-order valence-corrected chi connectivity index (χ4v) is 12.6. The van der Waals surface area contributed by atoms with E-state index in [9.17, 15) is 40.4 Å². The number of esters is 2. The van der Waals surface area contributed by atoms with Gasteiger partial charge in [0, 0.05) is 72.4 Å². The number of hydrogen-bond acceptors (Lipinski definition) is 13. The maximum atomic E-state index is 13.7. The van der Waals surface area contributed by atoms with Crippen LogP contribution in [0.3, 0.4) is 0 Å². The van der Waals surface area contributed by atoms with Gasteiger partial charge in [-0.2, -0.15) is 8.42 Å². The Kier molecular flexibility index (Phi) is 33.4. The van der Waals surface area contributed by atoms with Crippen LogP contribution in [0.1, 0.15) is 196 Å². The Bertz CT molecular complexity index is 2990. The Labute approximate surface area is 502 Å². The molecule has 20 heteroatoms. The number of ether oxygens (including phenoxy) is 2. The maximum absolute atomic E-state index is 13.7. The third kappa shape index (κ3) is 25.7. The monoisotopic (exact) mass is 1230 g/mol. The van der Waals surface area contributed by atoms with Gasteiger partial charge in [0.25, 0.3) is 10.1 Å². The molecule has 0 saturated carbocycles. The molecule has 4 rings (SSSR count). The van der Waals surface area contributed by atoms with E-state index in [0.717, 1.165) is 94.7 Å². The Morgan fingerprint density at radius 1 is 0.655 bits per heavy atom. The minimum atomic E-state index is -5.08. The summed E-state index contributed by atoms with van der Waals surface area (Å²) >= 11 is 0. The van der Waals surface area contributed by atoms with Crippen molar-refractivity contribution in [1.82, 2.24) is 9.30 Å². The lowest BCUT2D eigenvalue weighted by atomic mass is 9.93. The molecule has 0 fully saturated rings. The topological polar surface area (TPSA) is 228 Å². The van der Waals surface area contributed by atoms with E-state index in [4.69, 9.17) is 22.9 Å². The van der Waals surface area contributed by atoms with Crippen molar-refractivity contribution in [3.05, 3.63) is 84.3 Å². The van der Waals surface area contributed by atoms with Gasteiger partial charge in [-0.05, 0) is 122 Å². The number of anilines is 1. The van der Waals surface area contributed by atoms with Crippen LogP contribution >= 0.6 is 7.82 Å². The van der Waals surface area contributed by atoms with Crippen LogP contribution in [0.4, 0.5) is 5.69 Å². The predicted octanol–water partition coefficient (Wildman–Crippen LogP) is 14.5. The highest BCUT2D eigenvalue weighted by atomic mass is 32.2. The van der Waals surface area contributed by atoms with E-state index in [1.54, 1.807) is 0 Å². The molecule has 2 aromatic carbocycles. The lowest BCUT2D eigenvalue weighted by Crippen LogP contribution is -2.30. The zero-order valence-electron chi connectivity index (χ0n) is 51.2. The largest absolute Gasteiger partial charge is 0.472 e. The second-order valence-electron chi connectivity index (χ2n) is 21.4. The highest BCUT2D eigenvalue weighted by Gasteiger charge is 2.29. The molecule has 17 nitrogen and oxygen atoms in total. The second kappa shape index (κ2) is 39.1. The molecule has 2 atom stereocenters. The molecule has 1 heterocycles. The second-order valence-corrected chi connectivity index (χ2v) is 26.0. The average Bonchev–Trinajstić information content (AvgIpc) is 1.60. The molecule has 470 valence electrons. The number of carbonyl (C=O) groups is 2. The minimum Gasteiger partial charge on any atom is -0.462 e. The first-order valence-electron chi connectivity index (χ1n) is 31.1. The number of allylic oxidation sites excluding steroid dienone is 4. The van der Waals surface area contributed by atoms with Crippen molar-refractivity contribution in [2.45, 2.75) is 212 Å². The van der Waals surface area contributed by atoms with Gasteiger partial charge in [0.2, 0.25) is 15.4 Å². The Balaban J connectivity index is 1.39. The molecule has 84 heavy (non-hydrogen) atoms. The molecule has 0 aromatic heterocycles. The van der Waals surface area contributed by atoms with Gasteiger partial charge in [-0.3, -0.25) is 23.2 Å². The van der Waals surface area contributed by atoms with E-state index < -0.39 is 82.2 Å². The molecule has 2 aliphatic rings. The van der Waals surface area contributed by atoms with Crippen molar-refractivity contribution in [1.29, 1.82) is 0 Å². The SMILES string of the molecule is CCCCCCCC/C=C/CCCCCC(=O)OC[C@@H](COP(=O)(O)OCCNS(=O)(=O)c1ccc(-c2c3ccc(=[N+](CC)CC)cc-3oc3cc(N(CC)CC)ccc23)c(S(=O)(=O)O)c1)OC(=O)CCCCC/C=C/CCCCCCCC. The number of carbonyl (C=O) groups excluding carboxylic acids is 2. The van der Waals surface area contributed by atoms with E-state index in [0.29, 0.717) is 40.7 Å². The summed E-state index contributed by atoms with van der Waals surface area (Å²) in [5.74, 6) is -0.665. The van der Waals surface area contributed by atoms with Crippen molar-refractivity contribution in [3.8, 4) is 22.5 Å². The normalized spacial score (nSPS) is 13.3. The number of rotatable bonds is 45. The zero-order valence-corrected chi connectivity index (χ0v) is 53.7. The smallest absolute Gasteiger partial charge is 0.462 e. The number of hydrogen-bond donors (Lipinski definition) is 3. The number of nitrogens with zero attached hydrogens (tertiary/aromatic N) is 2. The van der Waals surface area contributed by atoms with Gasteiger partial charge in [-0.25, -0.2) is 22.3 Å². The fraction of sp³-hybridized carbons (Fsp3) is 0.609. The van der Waals surface area contributed by atoms with Crippen LogP contribution in [0, 0.1) is 0 Å². The molecule has 0 saturated heterocycles. The van der Waals surface area contributed by atoms with Crippen LogP contribution in [0.15, 0.2) is 93.1 Å². The van der Waals surface area contributed by atoms with Gasteiger partial charge in [-0.1, -0.05) is 121 Å². The van der Waals surface area contributed by atoms with Gasteiger partial charge < -0.3 is 23.7 Å². The summed E-state index contributed by atoms with van der Waals surface area (Å²) in [4.78, 5) is 37.4. The summed E-state index contributed by atoms with van der Waals surface area (Å²) in [6.07, 6.45) is 31.5. The molecular weight excluding hydrogens is 1130 g/mol. The summed E-state index contributed by atoms with van der Waals surface area (Å²) in [6.45, 7) is 13.1. The van der Waals surface area contributed by atoms with Gasteiger partial charge in [0.1, 0.15) is 35.9 Å². The van der Waals surface area contributed by atoms with Gasteiger partial charge in [-0.15, -0.1) is 0 Å². The third-order valence-corrected chi connectivity index (χ3v) is 18.2. The van der Waals surface area contributed by atoms with Crippen LogP contribution in [0.2, 0.25) is 0 Å². The molecular formula is C64H99N3O14PS2+. The Morgan fingerprint density at radius 2 is 1.20 bits per heavy atom. The van der Waals surface area contributed by atoms with Crippen LogP contribution in [-0.2, 0) is 52.8 Å². The molecule has 1 aliphatic heterocycles. The van der Waals surface area contributed by atoms with E-state index in [1.807, 2.05) is 64.1 Å². The summed E-state index contributed by atoms with van der Waals surface area (Å²) in [5.41, 5.74) is 2.26. The number of benzene rings is 3. The van der Waals surface area contributed by atoms with Crippen molar-refractivity contribution in [3.63, 3.8) is 0 Å². The maximum Gasteiger partial charge on any atom is 0.472 e. The first kappa shape index (κ1) is 71.8. The third-order valence-electron chi connectivity index (χ3n) is 14.8. The Morgan fingerprint density at radius 3 is 1.76 bits per heavy atom. The fourth-order valence-electron chi connectivity index (χ4n) is 10.0. The van der Waals surface area contributed by atoms with Crippen LogP contribution < -0.4 is 19.6 Å².